The predicted molar refractivity (Wildman–Crippen MR) is 67.3 cm³/mol. The van der Waals surface area contributed by atoms with Crippen LogP contribution in [0.5, 0.6) is 17.2 Å². The van der Waals surface area contributed by atoms with E-state index in [1.165, 1.54) is 0 Å². The summed E-state index contributed by atoms with van der Waals surface area (Å²) in [5.41, 5.74) is 0. The molecular weight excluding hydrogens is 291 g/mol. The molecule has 0 aromatic heterocycles. The van der Waals surface area contributed by atoms with Gasteiger partial charge >= 0.3 is 0 Å². The Kier molecular flexibility index (Phi) is 3.36. The molecule has 16 heavy (non-hydrogen) atoms. The highest BCUT2D eigenvalue weighted by atomic mass is 79.9. The van der Waals surface area contributed by atoms with E-state index in [1.54, 1.807) is 30.3 Å². The number of phenolic OH excluding ortho intramolecular Hbond substituents is 1. The smallest absolute Gasteiger partial charge is 0.146 e. The number of rotatable bonds is 2. The van der Waals surface area contributed by atoms with Crippen molar-refractivity contribution in [3.8, 4) is 17.2 Å². The van der Waals surface area contributed by atoms with Crippen molar-refractivity contribution in [1.29, 1.82) is 0 Å². The Morgan fingerprint density at radius 3 is 2.56 bits per heavy atom. The molecule has 0 saturated carbocycles. The molecule has 0 heterocycles. The maximum absolute atomic E-state index is 9.34. The lowest BCUT2D eigenvalue weighted by Gasteiger charge is -2.07. The summed E-state index contributed by atoms with van der Waals surface area (Å²) in [6, 6.07) is 12.1. The lowest BCUT2D eigenvalue weighted by atomic mass is 10.3. The minimum Gasteiger partial charge on any atom is -0.507 e. The monoisotopic (exact) mass is 298 g/mol. The summed E-state index contributed by atoms with van der Waals surface area (Å²) in [6.07, 6.45) is 0. The van der Waals surface area contributed by atoms with Gasteiger partial charge < -0.3 is 9.84 Å². The van der Waals surface area contributed by atoms with Crippen LogP contribution in [-0.4, -0.2) is 5.11 Å². The highest BCUT2D eigenvalue weighted by molar-refractivity contribution is 9.10. The van der Waals surface area contributed by atoms with Gasteiger partial charge in [0.1, 0.15) is 17.2 Å². The van der Waals surface area contributed by atoms with Crippen molar-refractivity contribution in [1.82, 2.24) is 0 Å². The van der Waals surface area contributed by atoms with Gasteiger partial charge in [-0.1, -0.05) is 23.7 Å². The molecule has 0 aliphatic rings. The highest BCUT2D eigenvalue weighted by Crippen LogP contribution is 2.33. The molecule has 0 atom stereocenters. The molecule has 0 saturated heterocycles. The Bertz CT molecular complexity index is 514. The third kappa shape index (κ3) is 2.49. The summed E-state index contributed by atoms with van der Waals surface area (Å²) in [4.78, 5) is 0. The topological polar surface area (TPSA) is 29.5 Å². The van der Waals surface area contributed by atoms with Crippen molar-refractivity contribution < 1.29 is 9.84 Å². The Morgan fingerprint density at radius 1 is 1.12 bits per heavy atom. The number of aromatic hydroxyl groups is 1. The zero-order valence-electron chi connectivity index (χ0n) is 8.15. The van der Waals surface area contributed by atoms with Crippen LogP contribution in [0.3, 0.4) is 0 Å². The van der Waals surface area contributed by atoms with Gasteiger partial charge in [0.2, 0.25) is 0 Å². The summed E-state index contributed by atoms with van der Waals surface area (Å²) in [5.74, 6) is 1.37. The van der Waals surface area contributed by atoms with E-state index in [0.29, 0.717) is 21.0 Å². The first-order valence-electron chi connectivity index (χ1n) is 4.58. The van der Waals surface area contributed by atoms with Crippen molar-refractivity contribution in [3.63, 3.8) is 0 Å². The average molecular weight is 300 g/mol. The molecule has 0 unspecified atom stereocenters. The van der Waals surface area contributed by atoms with Crippen LogP contribution < -0.4 is 4.74 Å². The van der Waals surface area contributed by atoms with Crippen LogP contribution in [0.4, 0.5) is 0 Å². The lowest BCUT2D eigenvalue weighted by Crippen LogP contribution is -1.84. The molecule has 1 N–H and O–H groups in total. The fourth-order valence-electron chi connectivity index (χ4n) is 1.21. The van der Waals surface area contributed by atoms with E-state index < -0.39 is 0 Å². The second-order valence-corrected chi connectivity index (χ2v) is 4.41. The number of halogens is 2. The van der Waals surface area contributed by atoms with Gasteiger partial charge in [0.15, 0.2) is 0 Å². The Labute approximate surface area is 107 Å². The molecule has 2 nitrogen and oxygen atoms in total. The van der Waals surface area contributed by atoms with Crippen LogP contribution in [0, 0.1) is 0 Å². The maximum atomic E-state index is 9.34. The quantitative estimate of drug-likeness (QED) is 0.878. The summed E-state index contributed by atoms with van der Waals surface area (Å²) < 4.78 is 6.15. The van der Waals surface area contributed by atoms with Gasteiger partial charge in [0.25, 0.3) is 0 Å². The van der Waals surface area contributed by atoms with Crippen molar-refractivity contribution in [2.24, 2.45) is 0 Å². The van der Waals surface area contributed by atoms with E-state index in [0.717, 1.165) is 0 Å². The number of hydrogen-bond donors (Lipinski definition) is 1. The van der Waals surface area contributed by atoms with Crippen molar-refractivity contribution in [2.45, 2.75) is 0 Å². The third-order valence-electron chi connectivity index (χ3n) is 1.98. The molecule has 2 aromatic rings. The van der Waals surface area contributed by atoms with E-state index in [2.05, 4.69) is 15.9 Å². The van der Waals surface area contributed by atoms with Crippen molar-refractivity contribution in [3.05, 3.63) is 52.0 Å². The molecule has 2 aromatic carbocycles. The largest absolute Gasteiger partial charge is 0.507 e. The molecule has 0 aliphatic carbocycles. The Balaban J connectivity index is 2.28. The van der Waals surface area contributed by atoms with Gasteiger partial charge in [0, 0.05) is 0 Å². The summed E-state index contributed by atoms with van der Waals surface area (Å²) in [5, 5.41) is 9.88. The molecule has 0 radical (unpaired) electrons. The predicted octanol–water partition coefficient (Wildman–Crippen LogP) is 4.60. The van der Waals surface area contributed by atoms with Gasteiger partial charge in [-0.05, 0) is 46.3 Å². The SMILES string of the molecule is Oc1ccc(Oc2ccccc2Cl)cc1Br. The zero-order chi connectivity index (χ0) is 11.5. The molecule has 0 amide bonds. The normalized spacial score (nSPS) is 10.1. The second-order valence-electron chi connectivity index (χ2n) is 3.15. The molecular formula is C12H8BrClO2. The van der Waals surface area contributed by atoms with Crippen LogP contribution >= 0.6 is 27.5 Å². The van der Waals surface area contributed by atoms with E-state index in [4.69, 9.17) is 16.3 Å². The summed E-state index contributed by atoms with van der Waals surface area (Å²) in [7, 11) is 0. The molecule has 0 spiro atoms. The van der Waals surface area contributed by atoms with E-state index in [1.807, 2.05) is 12.1 Å². The lowest BCUT2D eigenvalue weighted by molar-refractivity contribution is 0.461. The van der Waals surface area contributed by atoms with Crippen molar-refractivity contribution in [2.75, 3.05) is 0 Å². The molecule has 82 valence electrons. The molecule has 4 heteroatoms. The van der Waals surface area contributed by atoms with E-state index >= 15 is 0 Å². The van der Waals surface area contributed by atoms with Crippen LogP contribution in [0.2, 0.25) is 5.02 Å². The Morgan fingerprint density at radius 2 is 1.88 bits per heavy atom. The first kappa shape index (κ1) is 11.3. The van der Waals surface area contributed by atoms with Gasteiger partial charge in [-0.15, -0.1) is 0 Å². The second kappa shape index (κ2) is 4.76. The molecule has 0 aliphatic heterocycles. The van der Waals surface area contributed by atoms with Crippen LogP contribution in [0.1, 0.15) is 0 Å². The fourth-order valence-corrected chi connectivity index (χ4v) is 1.74. The average Bonchev–Trinajstić information content (AvgIpc) is 2.27. The number of ether oxygens (including phenoxy) is 1. The van der Waals surface area contributed by atoms with Crippen LogP contribution in [0.25, 0.3) is 0 Å². The van der Waals surface area contributed by atoms with Gasteiger partial charge in [-0.2, -0.15) is 0 Å². The van der Waals surface area contributed by atoms with Crippen LogP contribution in [0.15, 0.2) is 46.9 Å². The number of para-hydroxylation sites is 1. The first-order chi connectivity index (χ1) is 7.66. The van der Waals surface area contributed by atoms with E-state index in [9.17, 15) is 5.11 Å². The number of hydrogen-bond acceptors (Lipinski definition) is 2. The van der Waals surface area contributed by atoms with Gasteiger partial charge in [-0.25, -0.2) is 0 Å². The third-order valence-corrected chi connectivity index (χ3v) is 2.93. The Hall–Kier alpha value is -1.19. The highest BCUT2D eigenvalue weighted by Gasteiger charge is 2.04. The zero-order valence-corrected chi connectivity index (χ0v) is 10.5. The minimum atomic E-state index is 0.173. The van der Waals surface area contributed by atoms with Crippen LogP contribution in [-0.2, 0) is 0 Å². The minimum absolute atomic E-state index is 0.173. The van der Waals surface area contributed by atoms with Gasteiger partial charge in [0.05, 0.1) is 9.50 Å². The summed E-state index contributed by atoms with van der Waals surface area (Å²) >= 11 is 9.17. The molecule has 2 rings (SSSR count). The summed E-state index contributed by atoms with van der Waals surface area (Å²) in [6.45, 7) is 0. The number of phenols is 1. The first-order valence-corrected chi connectivity index (χ1v) is 5.75. The fraction of sp³-hybridized carbons (Fsp3) is 0. The standard InChI is InChI=1S/C12H8BrClO2/c13-9-7-8(5-6-11(9)15)16-12-4-2-1-3-10(12)14/h1-7,15H. The van der Waals surface area contributed by atoms with Gasteiger partial charge in [-0.3, -0.25) is 0 Å². The maximum Gasteiger partial charge on any atom is 0.146 e. The van der Waals surface area contributed by atoms with Crippen molar-refractivity contribution >= 4 is 27.5 Å². The van der Waals surface area contributed by atoms with E-state index in [-0.39, 0.29) is 5.75 Å². The molecule has 0 bridgehead atoms. The molecule has 0 fully saturated rings. The number of benzene rings is 2.